The molecule has 2 aliphatic rings. The zero-order valence-electron chi connectivity index (χ0n) is 16.2. The number of amides is 1. The number of piperidine rings is 2. The lowest BCUT2D eigenvalue weighted by Gasteiger charge is -2.48. The Kier molecular flexibility index (Phi) is 5.26. The number of Topliss-reactive ketones (excluding diaryl/α,β-unsaturated/α-hetero) is 1. The first-order valence-corrected chi connectivity index (χ1v) is 9.48. The first-order chi connectivity index (χ1) is 12.3. The first kappa shape index (κ1) is 18.7. The number of nitrogens with zero attached hydrogens (tertiary/aromatic N) is 1. The molecule has 2 aliphatic heterocycles. The smallest absolute Gasteiger partial charge is 0.410 e. The van der Waals surface area contributed by atoms with Crippen LogP contribution in [-0.2, 0) is 4.74 Å². The predicted octanol–water partition coefficient (Wildman–Crippen LogP) is 4.45. The predicted molar refractivity (Wildman–Crippen MR) is 99.5 cm³/mol. The van der Waals surface area contributed by atoms with Gasteiger partial charge in [-0.15, -0.1) is 0 Å². The third-order valence-electron chi connectivity index (χ3n) is 5.32. The molecule has 5 heteroatoms. The van der Waals surface area contributed by atoms with Gasteiger partial charge in [-0.2, -0.15) is 0 Å². The molecule has 0 aromatic heterocycles. The van der Waals surface area contributed by atoms with Gasteiger partial charge >= 0.3 is 6.09 Å². The molecule has 1 aromatic carbocycles. The average Bonchev–Trinajstić information content (AvgIpc) is 2.58. The summed E-state index contributed by atoms with van der Waals surface area (Å²) >= 11 is 0. The van der Waals surface area contributed by atoms with Gasteiger partial charge in [0.15, 0.2) is 5.78 Å². The quantitative estimate of drug-likeness (QED) is 0.749. The zero-order chi connectivity index (χ0) is 18.9. The standard InChI is InChI=1S/C21H29NO4/c1-21(2,3)26-20(24)22-16-6-5-7-17(22)13-15(12-16)19(23)14-8-10-18(25-4)11-9-14/h8-11,15-17H,5-7,12-13H2,1-4H3. The van der Waals surface area contributed by atoms with Crippen molar-refractivity contribution in [3.8, 4) is 5.75 Å². The van der Waals surface area contributed by atoms with E-state index in [4.69, 9.17) is 9.47 Å². The van der Waals surface area contributed by atoms with Gasteiger partial charge in [0.25, 0.3) is 0 Å². The van der Waals surface area contributed by atoms with Crippen LogP contribution in [0, 0.1) is 5.92 Å². The Bertz CT molecular complexity index is 648. The first-order valence-electron chi connectivity index (χ1n) is 9.48. The van der Waals surface area contributed by atoms with Gasteiger partial charge < -0.3 is 14.4 Å². The van der Waals surface area contributed by atoms with Crippen LogP contribution in [-0.4, -0.2) is 41.6 Å². The van der Waals surface area contributed by atoms with Crippen molar-refractivity contribution in [1.29, 1.82) is 0 Å². The van der Waals surface area contributed by atoms with Crippen LogP contribution in [0.1, 0.15) is 63.2 Å². The number of ether oxygens (including phenoxy) is 2. The molecule has 0 N–H and O–H groups in total. The molecule has 0 aliphatic carbocycles. The number of fused-ring (bicyclic) bond motifs is 2. The van der Waals surface area contributed by atoms with Gasteiger partial charge in [-0.3, -0.25) is 4.79 Å². The van der Waals surface area contributed by atoms with Crippen LogP contribution >= 0.6 is 0 Å². The molecule has 0 saturated carbocycles. The van der Waals surface area contributed by atoms with Crippen molar-refractivity contribution in [3.05, 3.63) is 29.8 Å². The van der Waals surface area contributed by atoms with Crippen LogP contribution in [0.4, 0.5) is 4.79 Å². The molecule has 26 heavy (non-hydrogen) atoms. The van der Waals surface area contributed by atoms with Crippen LogP contribution in [0.3, 0.4) is 0 Å². The van der Waals surface area contributed by atoms with Crippen molar-refractivity contribution in [2.24, 2.45) is 5.92 Å². The minimum absolute atomic E-state index is 0.0302. The van der Waals surface area contributed by atoms with E-state index < -0.39 is 5.60 Å². The molecule has 0 spiro atoms. The fourth-order valence-electron chi connectivity index (χ4n) is 4.20. The highest BCUT2D eigenvalue weighted by molar-refractivity contribution is 5.98. The Morgan fingerprint density at radius 2 is 1.62 bits per heavy atom. The maximum atomic E-state index is 13.0. The maximum absolute atomic E-state index is 13.0. The summed E-state index contributed by atoms with van der Waals surface area (Å²) in [6, 6.07) is 7.51. The molecule has 2 atom stereocenters. The molecule has 1 aromatic rings. The second kappa shape index (κ2) is 7.29. The summed E-state index contributed by atoms with van der Waals surface area (Å²) in [6.07, 6.45) is 4.21. The molecule has 5 nitrogen and oxygen atoms in total. The monoisotopic (exact) mass is 359 g/mol. The minimum atomic E-state index is -0.499. The fraction of sp³-hybridized carbons (Fsp3) is 0.619. The van der Waals surface area contributed by atoms with E-state index in [1.54, 1.807) is 7.11 Å². The van der Waals surface area contributed by atoms with Crippen LogP contribution < -0.4 is 4.74 Å². The number of ketones is 1. The largest absolute Gasteiger partial charge is 0.497 e. The SMILES string of the molecule is COc1ccc(C(=O)C2CC3CCCC(C2)N3C(=O)OC(C)(C)C)cc1. The summed E-state index contributed by atoms with van der Waals surface area (Å²) in [5.74, 6) is 0.893. The van der Waals surface area contributed by atoms with Crippen LogP contribution in [0.2, 0.25) is 0 Å². The van der Waals surface area contributed by atoms with E-state index in [-0.39, 0.29) is 29.9 Å². The third kappa shape index (κ3) is 4.02. The highest BCUT2D eigenvalue weighted by Crippen LogP contribution is 2.39. The van der Waals surface area contributed by atoms with Crippen molar-refractivity contribution < 1.29 is 19.1 Å². The van der Waals surface area contributed by atoms with Crippen LogP contribution in [0.15, 0.2) is 24.3 Å². The second-order valence-corrected chi connectivity index (χ2v) is 8.39. The molecule has 2 bridgehead atoms. The van der Waals surface area contributed by atoms with E-state index in [1.165, 1.54) is 0 Å². The van der Waals surface area contributed by atoms with E-state index in [1.807, 2.05) is 49.9 Å². The molecule has 2 unspecified atom stereocenters. The molecule has 1 amide bonds. The number of carbonyl (C=O) groups excluding carboxylic acids is 2. The van der Waals surface area contributed by atoms with Gasteiger partial charge in [0.2, 0.25) is 0 Å². The highest BCUT2D eigenvalue weighted by Gasteiger charge is 2.44. The van der Waals surface area contributed by atoms with Crippen LogP contribution in [0.25, 0.3) is 0 Å². The molecule has 2 saturated heterocycles. The van der Waals surface area contributed by atoms with E-state index in [0.717, 1.165) is 43.4 Å². The van der Waals surface area contributed by atoms with E-state index in [0.29, 0.717) is 0 Å². The summed E-state index contributed by atoms with van der Waals surface area (Å²) in [5.41, 5.74) is 0.223. The van der Waals surface area contributed by atoms with Crippen molar-refractivity contribution in [3.63, 3.8) is 0 Å². The lowest BCUT2D eigenvalue weighted by molar-refractivity contribution is -0.0260. The minimum Gasteiger partial charge on any atom is -0.497 e. The Morgan fingerprint density at radius 1 is 1.04 bits per heavy atom. The van der Waals surface area contributed by atoms with Gasteiger partial charge in [-0.25, -0.2) is 4.79 Å². The second-order valence-electron chi connectivity index (χ2n) is 8.39. The van der Waals surface area contributed by atoms with Gasteiger partial charge in [0.1, 0.15) is 11.4 Å². The summed E-state index contributed by atoms with van der Waals surface area (Å²) < 4.78 is 10.8. The number of methoxy groups -OCH3 is 1. The van der Waals surface area contributed by atoms with Crippen molar-refractivity contribution in [1.82, 2.24) is 4.90 Å². The number of rotatable bonds is 3. The average molecular weight is 359 g/mol. The number of carbonyl (C=O) groups is 2. The number of benzene rings is 1. The maximum Gasteiger partial charge on any atom is 0.410 e. The van der Waals surface area contributed by atoms with Gasteiger partial charge in [0.05, 0.1) is 7.11 Å². The van der Waals surface area contributed by atoms with Crippen molar-refractivity contribution in [2.45, 2.75) is 70.6 Å². The fourth-order valence-corrected chi connectivity index (χ4v) is 4.20. The molecule has 2 heterocycles. The van der Waals surface area contributed by atoms with E-state index >= 15 is 0 Å². The van der Waals surface area contributed by atoms with E-state index in [9.17, 15) is 9.59 Å². The molecule has 3 rings (SSSR count). The molecular formula is C21H29NO4. The third-order valence-corrected chi connectivity index (χ3v) is 5.32. The van der Waals surface area contributed by atoms with Gasteiger partial charge in [-0.05, 0) is 77.1 Å². The number of hydrogen-bond donors (Lipinski definition) is 0. The Morgan fingerprint density at radius 3 is 2.12 bits per heavy atom. The van der Waals surface area contributed by atoms with Gasteiger partial charge in [0, 0.05) is 23.6 Å². The van der Waals surface area contributed by atoms with Gasteiger partial charge in [-0.1, -0.05) is 0 Å². The molecule has 142 valence electrons. The van der Waals surface area contributed by atoms with Crippen molar-refractivity contribution >= 4 is 11.9 Å². The topological polar surface area (TPSA) is 55.8 Å². The summed E-state index contributed by atoms with van der Waals surface area (Å²) in [7, 11) is 1.62. The van der Waals surface area contributed by atoms with Crippen LogP contribution in [0.5, 0.6) is 5.75 Å². The highest BCUT2D eigenvalue weighted by atomic mass is 16.6. The summed E-state index contributed by atoms with van der Waals surface area (Å²) in [6.45, 7) is 5.67. The lowest BCUT2D eigenvalue weighted by Crippen LogP contribution is -2.56. The zero-order valence-corrected chi connectivity index (χ0v) is 16.2. The lowest BCUT2D eigenvalue weighted by atomic mass is 9.76. The number of hydrogen-bond acceptors (Lipinski definition) is 4. The molecule has 0 radical (unpaired) electrons. The molecular weight excluding hydrogens is 330 g/mol. The Balaban J connectivity index is 1.72. The summed E-state index contributed by atoms with van der Waals surface area (Å²) in [5, 5.41) is 0. The molecule has 2 fully saturated rings. The summed E-state index contributed by atoms with van der Waals surface area (Å²) in [4.78, 5) is 27.5. The Hall–Kier alpha value is -2.04. The van der Waals surface area contributed by atoms with E-state index in [2.05, 4.69) is 0 Å². The normalized spacial score (nSPS) is 25.5. The Labute approximate surface area is 155 Å². The van der Waals surface area contributed by atoms with Crippen molar-refractivity contribution in [2.75, 3.05) is 7.11 Å².